The molecule has 7 atom stereocenters. The molecule has 0 saturated heterocycles. The summed E-state index contributed by atoms with van der Waals surface area (Å²) in [6.07, 6.45) is 12.9. The minimum Gasteiger partial charge on any atom is -0.393 e. The number of ketones is 1. The maximum Gasteiger partial charge on any atom is 0.139 e. The molecule has 3 heteroatoms. The number of unbranched alkanes of at least 4 members (excludes halogenated alkanes) is 1. The highest BCUT2D eigenvalue weighted by Gasteiger charge is 2.61. The lowest BCUT2D eigenvalue weighted by molar-refractivity contribution is -0.155. The van der Waals surface area contributed by atoms with Gasteiger partial charge in [0.15, 0.2) is 0 Å². The fourth-order valence-electron chi connectivity index (χ4n) is 7.53. The van der Waals surface area contributed by atoms with Gasteiger partial charge in [0.05, 0.1) is 6.10 Å². The van der Waals surface area contributed by atoms with Crippen molar-refractivity contribution < 1.29 is 9.90 Å². The number of nitrogens with two attached hydrogens (primary N) is 1. The number of aliphatic hydroxyl groups excluding tert-OH is 1. The lowest BCUT2D eigenvalue weighted by Gasteiger charge is -2.61. The number of hydrogen-bond acceptors (Lipinski definition) is 3. The number of carbonyl (C=O) groups excluding carboxylic acids is 1. The maximum atomic E-state index is 12.5. The van der Waals surface area contributed by atoms with Crippen molar-refractivity contribution in [2.75, 3.05) is 6.54 Å². The van der Waals surface area contributed by atoms with Crippen molar-refractivity contribution >= 4 is 5.78 Å². The van der Waals surface area contributed by atoms with Crippen LogP contribution < -0.4 is 5.73 Å². The van der Waals surface area contributed by atoms with Crippen molar-refractivity contribution in [2.24, 2.45) is 40.2 Å². The predicted octanol–water partition coefficient (Wildman–Crippen LogP) is 4.23. The summed E-state index contributed by atoms with van der Waals surface area (Å²) >= 11 is 0. The molecule has 0 bridgehead atoms. The van der Waals surface area contributed by atoms with Gasteiger partial charge in [0.2, 0.25) is 0 Å². The van der Waals surface area contributed by atoms with Crippen LogP contribution in [-0.2, 0) is 4.79 Å². The molecule has 26 heavy (non-hydrogen) atoms. The van der Waals surface area contributed by atoms with Gasteiger partial charge in [0, 0.05) is 11.8 Å². The standard InChI is InChI=1S/C23H37NO2/c1-22-10-8-15(5-3-4-12-24)13-19(22)20(25)14-16-17-6-7-21(26)23(17,2)11-9-18(16)22/h5,16-20,25H,3-4,6-14,24H2,1-2H3/b15-5-/t16-,17-,18-,19?,20-,22+,23-/m0/s1. The topological polar surface area (TPSA) is 63.3 Å². The van der Waals surface area contributed by atoms with Gasteiger partial charge in [0.25, 0.3) is 0 Å². The second kappa shape index (κ2) is 6.74. The molecule has 0 aromatic carbocycles. The second-order valence-corrected chi connectivity index (χ2v) is 10.2. The van der Waals surface area contributed by atoms with Crippen LogP contribution in [0, 0.1) is 34.5 Å². The molecular weight excluding hydrogens is 322 g/mol. The van der Waals surface area contributed by atoms with Crippen molar-refractivity contribution in [3.63, 3.8) is 0 Å². The van der Waals surface area contributed by atoms with Gasteiger partial charge in [-0.15, -0.1) is 0 Å². The van der Waals surface area contributed by atoms with Crippen molar-refractivity contribution in [1.29, 1.82) is 0 Å². The lowest BCUT2D eigenvalue weighted by Crippen LogP contribution is -2.57. The van der Waals surface area contributed by atoms with E-state index in [1.165, 1.54) is 19.3 Å². The van der Waals surface area contributed by atoms with Crippen LogP contribution in [0.2, 0.25) is 0 Å². The monoisotopic (exact) mass is 359 g/mol. The average Bonchev–Trinajstić information content (AvgIpc) is 2.92. The number of carbonyl (C=O) groups is 1. The zero-order valence-electron chi connectivity index (χ0n) is 16.7. The van der Waals surface area contributed by atoms with Crippen LogP contribution in [0.5, 0.6) is 0 Å². The number of aliphatic hydroxyl groups is 1. The first-order valence-electron chi connectivity index (χ1n) is 11.0. The van der Waals surface area contributed by atoms with Crippen LogP contribution >= 0.6 is 0 Å². The molecule has 4 saturated carbocycles. The number of hydrogen-bond donors (Lipinski definition) is 2. The molecule has 0 aromatic rings. The third-order valence-corrected chi connectivity index (χ3v) is 9.13. The molecule has 0 radical (unpaired) electrons. The van der Waals surface area contributed by atoms with Crippen molar-refractivity contribution in [3.8, 4) is 0 Å². The molecule has 4 aliphatic carbocycles. The molecule has 3 N–H and O–H groups in total. The summed E-state index contributed by atoms with van der Waals surface area (Å²) in [6.45, 7) is 5.45. The van der Waals surface area contributed by atoms with Gasteiger partial charge in [-0.05, 0) is 93.4 Å². The van der Waals surface area contributed by atoms with Crippen LogP contribution in [0.1, 0.15) is 78.1 Å². The largest absolute Gasteiger partial charge is 0.393 e. The molecule has 4 fully saturated rings. The zero-order chi connectivity index (χ0) is 18.5. The maximum absolute atomic E-state index is 12.5. The van der Waals surface area contributed by atoms with Crippen LogP contribution in [0.15, 0.2) is 11.6 Å². The lowest BCUT2D eigenvalue weighted by atomic mass is 9.44. The van der Waals surface area contributed by atoms with Crippen molar-refractivity contribution in [2.45, 2.75) is 84.2 Å². The summed E-state index contributed by atoms with van der Waals surface area (Å²) < 4.78 is 0. The van der Waals surface area contributed by atoms with E-state index in [-0.39, 0.29) is 16.9 Å². The van der Waals surface area contributed by atoms with E-state index in [4.69, 9.17) is 5.73 Å². The Morgan fingerprint density at radius 2 is 1.96 bits per heavy atom. The smallest absolute Gasteiger partial charge is 0.139 e. The average molecular weight is 360 g/mol. The number of rotatable bonds is 3. The van der Waals surface area contributed by atoms with Gasteiger partial charge in [-0.25, -0.2) is 0 Å². The van der Waals surface area contributed by atoms with E-state index in [1.807, 2.05) is 0 Å². The molecule has 0 aliphatic heterocycles. The summed E-state index contributed by atoms with van der Waals surface area (Å²) in [4.78, 5) is 12.5. The van der Waals surface area contributed by atoms with Crippen molar-refractivity contribution in [1.82, 2.24) is 0 Å². The van der Waals surface area contributed by atoms with E-state index in [0.717, 1.165) is 51.5 Å². The first-order chi connectivity index (χ1) is 12.4. The molecule has 0 aromatic heterocycles. The van der Waals surface area contributed by atoms with Crippen molar-refractivity contribution in [3.05, 3.63) is 11.6 Å². The summed E-state index contributed by atoms with van der Waals surface area (Å²) in [5, 5.41) is 11.1. The Balaban J connectivity index is 1.56. The Morgan fingerprint density at radius 3 is 2.73 bits per heavy atom. The summed E-state index contributed by atoms with van der Waals surface area (Å²) in [6, 6.07) is 0. The normalized spacial score (nSPS) is 49.6. The van der Waals surface area contributed by atoms with Crippen LogP contribution in [0.25, 0.3) is 0 Å². The van der Waals surface area contributed by atoms with Gasteiger partial charge in [-0.2, -0.15) is 0 Å². The zero-order valence-corrected chi connectivity index (χ0v) is 16.7. The molecule has 0 heterocycles. The third kappa shape index (κ3) is 2.73. The minimum atomic E-state index is -0.197. The van der Waals surface area contributed by atoms with E-state index in [9.17, 15) is 9.90 Å². The fraction of sp³-hybridized carbons (Fsp3) is 0.870. The van der Waals surface area contributed by atoms with Crippen LogP contribution in [0.4, 0.5) is 0 Å². The Hall–Kier alpha value is -0.670. The number of fused-ring (bicyclic) bond motifs is 5. The van der Waals surface area contributed by atoms with Gasteiger partial charge >= 0.3 is 0 Å². The first-order valence-corrected chi connectivity index (χ1v) is 11.0. The molecule has 1 unspecified atom stereocenters. The molecule has 3 nitrogen and oxygen atoms in total. The van der Waals surface area contributed by atoms with Gasteiger partial charge in [-0.3, -0.25) is 4.79 Å². The van der Waals surface area contributed by atoms with Crippen LogP contribution in [-0.4, -0.2) is 23.5 Å². The highest BCUT2D eigenvalue weighted by molar-refractivity contribution is 5.87. The molecule has 0 amide bonds. The number of Topliss-reactive ketones (excluding diaryl/α,β-unsaturated/α-hetero) is 1. The van der Waals surface area contributed by atoms with E-state index in [2.05, 4.69) is 19.9 Å². The second-order valence-electron chi connectivity index (χ2n) is 10.2. The number of allylic oxidation sites excluding steroid dienone is 2. The molecule has 4 aliphatic rings. The van der Waals surface area contributed by atoms with Crippen LogP contribution in [0.3, 0.4) is 0 Å². The Bertz CT molecular complexity index is 599. The molecule has 4 rings (SSSR count). The SMILES string of the molecule is C[C@]12CC/C(=C/CCCN)CC1[C@@H](O)C[C@@H]1[C@@H]2CC[C@]2(C)C(=O)CC[C@@H]12. The molecular formula is C23H37NO2. The molecule has 146 valence electrons. The van der Waals surface area contributed by atoms with E-state index in [0.29, 0.717) is 29.5 Å². The first kappa shape index (κ1) is 18.7. The summed E-state index contributed by atoms with van der Waals surface area (Å²) in [5.41, 5.74) is 7.35. The quantitative estimate of drug-likeness (QED) is 0.585. The van der Waals surface area contributed by atoms with Gasteiger partial charge in [0.1, 0.15) is 5.78 Å². The van der Waals surface area contributed by atoms with Gasteiger partial charge < -0.3 is 10.8 Å². The van der Waals surface area contributed by atoms with E-state index >= 15 is 0 Å². The van der Waals surface area contributed by atoms with E-state index < -0.39 is 0 Å². The van der Waals surface area contributed by atoms with E-state index in [1.54, 1.807) is 5.57 Å². The minimum absolute atomic E-state index is 0.0912. The Morgan fingerprint density at radius 1 is 1.15 bits per heavy atom. The highest BCUT2D eigenvalue weighted by atomic mass is 16.3. The third-order valence-electron chi connectivity index (χ3n) is 9.13. The van der Waals surface area contributed by atoms with Gasteiger partial charge in [-0.1, -0.05) is 25.5 Å². The summed E-state index contributed by atoms with van der Waals surface area (Å²) in [7, 11) is 0. The predicted molar refractivity (Wildman–Crippen MR) is 104 cm³/mol. The molecule has 0 spiro atoms. The highest BCUT2D eigenvalue weighted by Crippen LogP contribution is 2.65. The Kier molecular flexibility index (Phi) is 4.84. The fourth-order valence-corrected chi connectivity index (χ4v) is 7.53. The Labute approximate surface area is 158 Å². The summed E-state index contributed by atoms with van der Waals surface area (Å²) in [5.74, 6) is 2.67.